The fourth-order valence-corrected chi connectivity index (χ4v) is 2.78. The Morgan fingerprint density at radius 1 is 1.13 bits per heavy atom. The minimum atomic E-state index is -0.118. The predicted molar refractivity (Wildman–Crippen MR) is 91.8 cm³/mol. The van der Waals surface area contributed by atoms with Crippen molar-refractivity contribution in [3.8, 4) is 0 Å². The molecule has 0 unspecified atom stereocenters. The first-order valence-corrected chi connectivity index (χ1v) is 7.99. The van der Waals surface area contributed by atoms with Crippen molar-refractivity contribution in [3.63, 3.8) is 0 Å². The van der Waals surface area contributed by atoms with Crippen LogP contribution in [0.2, 0.25) is 0 Å². The molecule has 2 aromatic rings. The Balaban J connectivity index is 1.71. The molecule has 0 fully saturated rings. The van der Waals surface area contributed by atoms with Crippen LogP contribution >= 0.6 is 0 Å². The van der Waals surface area contributed by atoms with Crippen molar-refractivity contribution < 1.29 is 9.59 Å². The van der Waals surface area contributed by atoms with Gasteiger partial charge in [-0.1, -0.05) is 25.5 Å². The molecule has 23 heavy (non-hydrogen) atoms. The van der Waals surface area contributed by atoms with Crippen molar-refractivity contribution in [2.45, 2.75) is 32.6 Å². The van der Waals surface area contributed by atoms with E-state index < -0.39 is 0 Å². The average molecular weight is 308 g/mol. The van der Waals surface area contributed by atoms with Gasteiger partial charge in [0, 0.05) is 23.4 Å². The highest BCUT2D eigenvalue weighted by atomic mass is 16.2. The van der Waals surface area contributed by atoms with Gasteiger partial charge in [0.25, 0.3) is 5.91 Å². The van der Waals surface area contributed by atoms with Gasteiger partial charge in [-0.15, -0.1) is 0 Å². The highest BCUT2D eigenvalue weighted by molar-refractivity contribution is 6.04. The summed E-state index contributed by atoms with van der Waals surface area (Å²) < 4.78 is 0. The molecule has 1 aliphatic rings. The van der Waals surface area contributed by atoms with E-state index in [1.165, 1.54) is 5.56 Å². The van der Waals surface area contributed by atoms with Crippen LogP contribution in [0.1, 0.15) is 41.3 Å². The fraction of sp³-hybridized carbons (Fsp3) is 0.263. The Hall–Kier alpha value is -2.62. The topological polar surface area (TPSA) is 58.2 Å². The molecule has 4 heteroatoms. The lowest BCUT2D eigenvalue weighted by Gasteiger charge is -2.17. The van der Waals surface area contributed by atoms with E-state index in [4.69, 9.17) is 0 Å². The Kier molecular flexibility index (Phi) is 4.42. The molecule has 0 saturated heterocycles. The molecule has 3 rings (SSSR count). The number of hydrogen-bond acceptors (Lipinski definition) is 2. The summed E-state index contributed by atoms with van der Waals surface area (Å²) in [6.45, 7) is 2.14. The van der Waals surface area contributed by atoms with Gasteiger partial charge in [-0.25, -0.2) is 0 Å². The Labute approximate surface area is 135 Å². The summed E-state index contributed by atoms with van der Waals surface area (Å²) in [5.41, 5.74) is 4.54. The molecule has 1 aliphatic heterocycles. The van der Waals surface area contributed by atoms with Crippen LogP contribution in [-0.4, -0.2) is 11.8 Å². The van der Waals surface area contributed by atoms with E-state index in [1.54, 1.807) is 0 Å². The van der Waals surface area contributed by atoms with Crippen molar-refractivity contribution >= 4 is 23.2 Å². The van der Waals surface area contributed by atoms with Crippen molar-refractivity contribution in [1.82, 2.24) is 0 Å². The summed E-state index contributed by atoms with van der Waals surface area (Å²) in [6.07, 6.45) is 3.32. The molecular weight excluding hydrogens is 288 g/mol. The van der Waals surface area contributed by atoms with Crippen molar-refractivity contribution in [1.29, 1.82) is 0 Å². The number of nitrogens with one attached hydrogen (secondary N) is 2. The zero-order valence-corrected chi connectivity index (χ0v) is 13.2. The van der Waals surface area contributed by atoms with E-state index in [0.29, 0.717) is 18.4 Å². The lowest BCUT2D eigenvalue weighted by Crippen LogP contribution is -2.19. The van der Waals surface area contributed by atoms with E-state index in [0.717, 1.165) is 29.8 Å². The van der Waals surface area contributed by atoms with Crippen LogP contribution in [0.3, 0.4) is 0 Å². The fourth-order valence-electron chi connectivity index (χ4n) is 2.78. The third kappa shape index (κ3) is 3.59. The van der Waals surface area contributed by atoms with E-state index in [1.807, 2.05) is 42.5 Å². The van der Waals surface area contributed by atoms with E-state index in [9.17, 15) is 9.59 Å². The van der Waals surface area contributed by atoms with Gasteiger partial charge in [0.1, 0.15) is 0 Å². The number of hydrogen-bond donors (Lipinski definition) is 2. The van der Waals surface area contributed by atoms with E-state index >= 15 is 0 Å². The number of benzene rings is 2. The summed E-state index contributed by atoms with van der Waals surface area (Å²) in [5.74, 6) is -0.0747. The zero-order valence-electron chi connectivity index (χ0n) is 13.2. The van der Waals surface area contributed by atoms with Crippen molar-refractivity contribution in [2.24, 2.45) is 0 Å². The molecular formula is C19H20N2O2. The second kappa shape index (κ2) is 6.65. The van der Waals surface area contributed by atoms with Gasteiger partial charge >= 0.3 is 0 Å². The molecule has 118 valence electrons. The molecule has 1 heterocycles. The number of aryl methyl sites for hydroxylation is 2. The normalized spacial score (nSPS) is 13.2. The summed E-state index contributed by atoms with van der Waals surface area (Å²) >= 11 is 0. The third-order valence-corrected chi connectivity index (χ3v) is 4.01. The van der Waals surface area contributed by atoms with Gasteiger partial charge in [0.15, 0.2) is 0 Å². The van der Waals surface area contributed by atoms with Gasteiger partial charge in [-0.3, -0.25) is 9.59 Å². The van der Waals surface area contributed by atoms with E-state index in [-0.39, 0.29) is 11.8 Å². The Morgan fingerprint density at radius 3 is 2.65 bits per heavy atom. The summed E-state index contributed by atoms with van der Waals surface area (Å²) in [7, 11) is 0. The molecule has 2 aromatic carbocycles. The standard InChI is InChI=1S/C19H20N2O2/c1-2-3-13-4-6-14(7-5-13)19(23)20-16-9-10-17-15(12-16)8-11-18(22)21-17/h4-7,9-10,12H,2-3,8,11H2,1H3,(H,20,23)(H,21,22). The van der Waals surface area contributed by atoms with Gasteiger partial charge in [-0.05, 0) is 54.3 Å². The van der Waals surface area contributed by atoms with Gasteiger partial charge < -0.3 is 10.6 Å². The summed E-state index contributed by atoms with van der Waals surface area (Å²) in [6, 6.07) is 13.3. The summed E-state index contributed by atoms with van der Waals surface area (Å²) in [5, 5.41) is 5.76. The highest BCUT2D eigenvalue weighted by Crippen LogP contribution is 2.26. The van der Waals surface area contributed by atoms with Gasteiger partial charge in [0.2, 0.25) is 5.91 Å². The van der Waals surface area contributed by atoms with Crippen LogP contribution in [0.15, 0.2) is 42.5 Å². The Bertz CT molecular complexity index is 736. The lowest BCUT2D eigenvalue weighted by molar-refractivity contribution is -0.116. The van der Waals surface area contributed by atoms with Crippen molar-refractivity contribution in [2.75, 3.05) is 10.6 Å². The number of rotatable bonds is 4. The molecule has 2 amide bonds. The smallest absolute Gasteiger partial charge is 0.255 e. The van der Waals surface area contributed by atoms with Crippen LogP contribution in [0.5, 0.6) is 0 Å². The molecule has 0 aliphatic carbocycles. The van der Waals surface area contributed by atoms with Crippen LogP contribution in [0.25, 0.3) is 0 Å². The molecule has 0 saturated carbocycles. The van der Waals surface area contributed by atoms with Crippen LogP contribution in [0.4, 0.5) is 11.4 Å². The third-order valence-electron chi connectivity index (χ3n) is 4.01. The maximum absolute atomic E-state index is 12.3. The second-order valence-electron chi connectivity index (χ2n) is 5.82. The summed E-state index contributed by atoms with van der Waals surface area (Å²) in [4.78, 5) is 23.7. The molecule has 4 nitrogen and oxygen atoms in total. The van der Waals surface area contributed by atoms with E-state index in [2.05, 4.69) is 17.6 Å². The van der Waals surface area contributed by atoms with Crippen LogP contribution in [0, 0.1) is 0 Å². The number of anilines is 2. The molecule has 0 spiro atoms. The van der Waals surface area contributed by atoms with Crippen LogP contribution in [-0.2, 0) is 17.6 Å². The quantitative estimate of drug-likeness (QED) is 0.903. The maximum Gasteiger partial charge on any atom is 0.255 e. The Morgan fingerprint density at radius 2 is 1.91 bits per heavy atom. The van der Waals surface area contributed by atoms with Gasteiger partial charge in [0.05, 0.1) is 0 Å². The number of carbonyl (C=O) groups excluding carboxylic acids is 2. The largest absolute Gasteiger partial charge is 0.326 e. The van der Waals surface area contributed by atoms with Gasteiger partial charge in [-0.2, -0.15) is 0 Å². The average Bonchev–Trinajstić information content (AvgIpc) is 2.56. The molecule has 0 aromatic heterocycles. The zero-order chi connectivity index (χ0) is 16.2. The first-order valence-electron chi connectivity index (χ1n) is 7.99. The molecule has 0 radical (unpaired) electrons. The maximum atomic E-state index is 12.3. The van der Waals surface area contributed by atoms with Crippen LogP contribution < -0.4 is 10.6 Å². The first-order chi connectivity index (χ1) is 11.2. The predicted octanol–water partition coefficient (Wildman–Crippen LogP) is 3.78. The van der Waals surface area contributed by atoms with Crippen molar-refractivity contribution in [3.05, 3.63) is 59.2 Å². The molecule has 0 bridgehead atoms. The minimum absolute atomic E-state index is 0.0430. The second-order valence-corrected chi connectivity index (χ2v) is 5.82. The molecule has 2 N–H and O–H groups in total. The number of amides is 2. The molecule has 0 atom stereocenters. The number of fused-ring (bicyclic) bond motifs is 1. The monoisotopic (exact) mass is 308 g/mol. The lowest BCUT2D eigenvalue weighted by atomic mass is 10.0. The number of carbonyl (C=O) groups is 2. The highest BCUT2D eigenvalue weighted by Gasteiger charge is 2.15. The minimum Gasteiger partial charge on any atom is -0.326 e. The SMILES string of the molecule is CCCc1ccc(C(=O)Nc2ccc3c(c2)CCC(=O)N3)cc1. The first kappa shape index (κ1) is 15.3.